The smallest absolute Gasteiger partial charge is 0.258 e. The zero-order valence-electron chi connectivity index (χ0n) is 13.1. The van der Waals surface area contributed by atoms with Crippen molar-refractivity contribution in [1.82, 2.24) is 19.7 Å². The van der Waals surface area contributed by atoms with E-state index in [0.29, 0.717) is 22.2 Å². The van der Waals surface area contributed by atoms with Crippen LogP contribution in [0.4, 0.5) is 11.6 Å². The van der Waals surface area contributed by atoms with E-state index in [1.807, 2.05) is 26.2 Å². The van der Waals surface area contributed by atoms with Crippen LogP contribution < -0.4 is 10.2 Å². The molecule has 1 aromatic carbocycles. The Labute approximate surface area is 143 Å². The summed E-state index contributed by atoms with van der Waals surface area (Å²) in [5.41, 5.74) is 1.72. The SMILES string of the molecule is CN(C)c1ncc(NC(=O)c2cnn(-c3cccc(Cl)c3)c2)cn1. The number of nitrogens with one attached hydrogen (secondary N) is 1. The number of hydrogen-bond donors (Lipinski definition) is 1. The normalized spacial score (nSPS) is 10.5. The molecule has 0 atom stereocenters. The van der Waals surface area contributed by atoms with Crippen LogP contribution in [0.5, 0.6) is 0 Å². The fraction of sp³-hybridized carbons (Fsp3) is 0.125. The van der Waals surface area contributed by atoms with Crippen molar-refractivity contribution in [3.63, 3.8) is 0 Å². The molecular weight excluding hydrogens is 328 g/mol. The minimum atomic E-state index is -0.288. The Balaban J connectivity index is 1.74. The van der Waals surface area contributed by atoms with Gasteiger partial charge in [-0.3, -0.25) is 4.79 Å². The van der Waals surface area contributed by atoms with Crippen molar-refractivity contribution in [3.8, 4) is 5.69 Å². The molecule has 0 aliphatic carbocycles. The first-order valence-electron chi connectivity index (χ1n) is 7.14. The van der Waals surface area contributed by atoms with Gasteiger partial charge in [0.1, 0.15) is 0 Å². The number of aromatic nitrogens is 4. The lowest BCUT2D eigenvalue weighted by Crippen LogP contribution is -2.14. The first-order chi connectivity index (χ1) is 11.5. The summed E-state index contributed by atoms with van der Waals surface area (Å²) in [6, 6.07) is 7.22. The predicted molar refractivity (Wildman–Crippen MR) is 92.9 cm³/mol. The van der Waals surface area contributed by atoms with E-state index in [1.165, 1.54) is 6.20 Å². The van der Waals surface area contributed by atoms with E-state index in [1.54, 1.807) is 40.3 Å². The monoisotopic (exact) mass is 342 g/mol. The second-order valence-corrected chi connectivity index (χ2v) is 5.71. The van der Waals surface area contributed by atoms with Gasteiger partial charge in [0.2, 0.25) is 5.95 Å². The highest BCUT2D eigenvalue weighted by molar-refractivity contribution is 6.30. The van der Waals surface area contributed by atoms with Crippen LogP contribution in [0.25, 0.3) is 5.69 Å². The van der Waals surface area contributed by atoms with Crippen LogP contribution in [0.15, 0.2) is 49.1 Å². The lowest BCUT2D eigenvalue weighted by molar-refractivity contribution is 0.102. The summed E-state index contributed by atoms with van der Waals surface area (Å²) in [5.74, 6) is 0.284. The van der Waals surface area contributed by atoms with Crippen molar-refractivity contribution in [2.45, 2.75) is 0 Å². The second-order valence-electron chi connectivity index (χ2n) is 5.27. The highest BCUT2D eigenvalue weighted by Crippen LogP contribution is 2.15. The molecule has 122 valence electrons. The number of nitrogens with zero attached hydrogens (tertiary/aromatic N) is 5. The molecule has 2 aromatic heterocycles. The summed E-state index contributed by atoms with van der Waals surface area (Å²) in [6.45, 7) is 0. The Hall–Kier alpha value is -2.93. The Morgan fingerprint density at radius 3 is 2.62 bits per heavy atom. The van der Waals surface area contributed by atoms with E-state index in [0.717, 1.165) is 5.69 Å². The number of amides is 1. The number of rotatable bonds is 4. The summed E-state index contributed by atoms with van der Waals surface area (Å²) < 4.78 is 1.59. The summed E-state index contributed by atoms with van der Waals surface area (Å²) >= 11 is 5.97. The largest absolute Gasteiger partial charge is 0.347 e. The third-order valence-electron chi connectivity index (χ3n) is 3.21. The van der Waals surface area contributed by atoms with Crippen LogP contribution in [0.3, 0.4) is 0 Å². The van der Waals surface area contributed by atoms with Crippen LogP contribution in [-0.2, 0) is 0 Å². The zero-order chi connectivity index (χ0) is 17.1. The van der Waals surface area contributed by atoms with Crippen molar-refractivity contribution in [2.75, 3.05) is 24.3 Å². The molecule has 0 bridgehead atoms. The van der Waals surface area contributed by atoms with Crippen LogP contribution in [0, 0.1) is 0 Å². The van der Waals surface area contributed by atoms with Crippen molar-refractivity contribution >= 4 is 29.1 Å². The lowest BCUT2D eigenvalue weighted by atomic mass is 10.3. The third-order valence-corrected chi connectivity index (χ3v) is 3.45. The quantitative estimate of drug-likeness (QED) is 0.788. The molecule has 0 radical (unpaired) electrons. The summed E-state index contributed by atoms with van der Waals surface area (Å²) in [5, 5.41) is 7.53. The summed E-state index contributed by atoms with van der Waals surface area (Å²) in [4.78, 5) is 22.4. The molecule has 24 heavy (non-hydrogen) atoms. The Bertz CT molecular complexity index is 859. The molecule has 0 unspecified atom stereocenters. The van der Waals surface area contributed by atoms with E-state index in [-0.39, 0.29) is 5.91 Å². The average molecular weight is 343 g/mol. The molecule has 0 spiro atoms. The zero-order valence-corrected chi connectivity index (χ0v) is 13.9. The molecule has 7 nitrogen and oxygen atoms in total. The van der Waals surface area contributed by atoms with Gasteiger partial charge in [-0.05, 0) is 18.2 Å². The van der Waals surface area contributed by atoms with E-state index in [2.05, 4.69) is 20.4 Å². The lowest BCUT2D eigenvalue weighted by Gasteiger charge is -2.09. The topological polar surface area (TPSA) is 75.9 Å². The fourth-order valence-electron chi connectivity index (χ4n) is 2.02. The molecule has 3 aromatic rings. The van der Waals surface area contributed by atoms with Crippen molar-refractivity contribution in [3.05, 3.63) is 59.6 Å². The van der Waals surface area contributed by atoms with Crippen LogP contribution >= 0.6 is 11.6 Å². The molecule has 0 fully saturated rings. The third kappa shape index (κ3) is 3.52. The standard InChI is InChI=1S/C16H15ClN6O/c1-22(2)16-18-8-13(9-19-16)21-15(24)11-7-20-23(10-11)14-5-3-4-12(17)6-14/h3-10H,1-2H3,(H,21,24). The van der Waals surface area contributed by atoms with Gasteiger partial charge in [-0.25, -0.2) is 14.6 Å². The maximum absolute atomic E-state index is 12.3. The molecule has 3 rings (SSSR count). The van der Waals surface area contributed by atoms with Crippen LogP contribution in [0.1, 0.15) is 10.4 Å². The molecule has 8 heteroatoms. The Morgan fingerprint density at radius 2 is 1.96 bits per heavy atom. The first kappa shape index (κ1) is 15.9. The predicted octanol–water partition coefficient (Wildman–Crippen LogP) is 2.63. The van der Waals surface area contributed by atoms with E-state index in [4.69, 9.17) is 11.6 Å². The van der Waals surface area contributed by atoms with E-state index >= 15 is 0 Å². The molecule has 0 saturated heterocycles. The number of carbonyl (C=O) groups excluding carboxylic acids is 1. The van der Waals surface area contributed by atoms with Gasteiger partial charge in [0, 0.05) is 25.3 Å². The van der Waals surface area contributed by atoms with Gasteiger partial charge in [0.25, 0.3) is 5.91 Å². The van der Waals surface area contributed by atoms with E-state index < -0.39 is 0 Å². The maximum Gasteiger partial charge on any atom is 0.258 e. The van der Waals surface area contributed by atoms with E-state index in [9.17, 15) is 4.79 Å². The molecule has 0 aliphatic heterocycles. The minimum absolute atomic E-state index is 0.288. The van der Waals surface area contributed by atoms with Gasteiger partial charge in [-0.2, -0.15) is 5.10 Å². The van der Waals surface area contributed by atoms with Gasteiger partial charge in [-0.1, -0.05) is 17.7 Å². The Kier molecular flexibility index (Phi) is 4.43. The van der Waals surface area contributed by atoms with Gasteiger partial charge in [0.15, 0.2) is 0 Å². The van der Waals surface area contributed by atoms with Gasteiger partial charge < -0.3 is 10.2 Å². The number of halogens is 1. The second kappa shape index (κ2) is 6.67. The number of carbonyl (C=O) groups is 1. The highest BCUT2D eigenvalue weighted by Gasteiger charge is 2.11. The maximum atomic E-state index is 12.3. The molecule has 2 heterocycles. The van der Waals surface area contributed by atoms with Crippen molar-refractivity contribution in [2.24, 2.45) is 0 Å². The Morgan fingerprint density at radius 1 is 1.21 bits per heavy atom. The number of anilines is 2. The number of hydrogen-bond acceptors (Lipinski definition) is 5. The molecule has 0 saturated carbocycles. The molecule has 1 amide bonds. The number of benzene rings is 1. The minimum Gasteiger partial charge on any atom is -0.347 e. The van der Waals surface area contributed by atoms with Crippen molar-refractivity contribution < 1.29 is 4.79 Å². The van der Waals surface area contributed by atoms with Gasteiger partial charge >= 0.3 is 0 Å². The molecule has 0 aliphatic rings. The average Bonchev–Trinajstić information content (AvgIpc) is 3.05. The summed E-state index contributed by atoms with van der Waals surface area (Å²) in [6.07, 6.45) is 6.24. The molecular formula is C16H15ClN6O. The highest BCUT2D eigenvalue weighted by atomic mass is 35.5. The first-order valence-corrected chi connectivity index (χ1v) is 7.52. The fourth-order valence-corrected chi connectivity index (χ4v) is 2.20. The summed E-state index contributed by atoms with van der Waals surface area (Å²) in [7, 11) is 3.69. The van der Waals surface area contributed by atoms with Gasteiger partial charge in [-0.15, -0.1) is 0 Å². The van der Waals surface area contributed by atoms with Crippen LogP contribution in [0.2, 0.25) is 5.02 Å². The van der Waals surface area contributed by atoms with Gasteiger partial charge in [0.05, 0.1) is 35.5 Å². The molecule has 1 N–H and O–H groups in total. The van der Waals surface area contributed by atoms with Crippen molar-refractivity contribution in [1.29, 1.82) is 0 Å². The van der Waals surface area contributed by atoms with Crippen LogP contribution in [-0.4, -0.2) is 39.8 Å².